The number of nitrogens with zero attached hydrogens (tertiary/aromatic N) is 1. The highest BCUT2D eigenvalue weighted by molar-refractivity contribution is 5.87. The minimum Gasteiger partial charge on any atom is -0.480 e. The van der Waals surface area contributed by atoms with Gasteiger partial charge in [-0.05, 0) is 12.8 Å². The molecule has 2 rings (SSSR count). The Kier molecular flexibility index (Phi) is 3.11. The first-order valence-corrected chi connectivity index (χ1v) is 5.42. The molecular formula is C10H15NO5. The van der Waals surface area contributed by atoms with Crippen LogP contribution in [-0.2, 0) is 14.3 Å². The summed E-state index contributed by atoms with van der Waals surface area (Å²) in [6, 6.07) is -0.910. The van der Waals surface area contributed by atoms with Crippen LogP contribution in [0, 0.1) is 0 Å². The van der Waals surface area contributed by atoms with Crippen LogP contribution in [0.3, 0.4) is 0 Å². The number of aliphatic hydroxyl groups excluding tert-OH is 1. The van der Waals surface area contributed by atoms with Crippen LogP contribution in [0.25, 0.3) is 0 Å². The quantitative estimate of drug-likeness (QED) is 0.648. The molecule has 0 spiro atoms. The molecule has 0 radical (unpaired) electrons. The van der Waals surface area contributed by atoms with E-state index >= 15 is 0 Å². The lowest BCUT2D eigenvalue weighted by atomic mass is 10.2. The van der Waals surface area contributed by atoms with Crippen molar-refractivity contribution in [3.8, 4) is 0 Å². The number of carbonyl (C=O) groups excluding carboxylic acids is 1. The zero-order chi connectivity index (χ0) is 11.7. The average Bonchev–Trinajstić information content (AvgIpc) is 2.84. The van der Waals surface area contributed by atoms with E-state index in [0.717, 1.165) is 6.42 Å². The van der Waals surface area contributed by atoms with E-state index in [2.05, 4.69) is 0 Å². The number of hydrogen-bond donors (Lipinski definition) is 2. The monoisotopic (exact) mass is 229 g/mol. The highest BCUT2D eigenvalue weighted by Crippen LogP contribution is 2.23. The first kappa shape index (κ1) is 11.3. The van der Waals surface area contributed by atoms with Crippen molar-refractivity contribution in [1.29, 1.82) is 0 Å². The summed E-state index contributed by atoms with van der Waals surface area (Å²) in [7, 11) is 0. The number of ether oxygens (including phenoxy) is 1. The third-order valence-electron chi connectivity index (χ3n) is 3.05. The van der Waals surface area contributed by atoms with Gasteiger partial charge in [0.1, 0.15) is 12.1 Å². The van der Waals surface area contributed by atoms with Crippen LogP contribution in [0.2, 0.25) is 0 Å². The van der Waals surface area contributed by atoms with Gasteiger partial charge in [0.05, 0.1) is 6.10 Å². The fraction of sp³-hybridized carbons (Fsp3) is 0.800. The minimum atomic E-state index is -1.07. The van der Waals surface area contributed by atoms with E-state index in [1.807, 2.05) is 0 Å². The Morgan fingerprint density at radius 3 is 2.69 bits per heavy atom. The van der Waals surface area contributed by atoms with Crippen LogP contribution >= 0.6 is 0 Å². The number of carboxylic acid groups (broad SMARTS) is 1. The zero-order valence-corrected chi connectivity index (χ0v) is 8.83. The maximum Gasteiger partial charge on any atom is 0.326 e. The molecule has 3 unspecified atom stereocenters. The van der Waals surface area contributed by atoms with Gasteiger partial charge in [-0.25, -0.2) is 4.79 Å². The van der Waals surface area contributed by atoms with E-state index in [9.17, 15) is 14.7 Å². The smallest absolute Gasteiger partial charge is 0.326 e. The first-order valence-electron chi connectivity index (χ1n) is 5.42. The molecule has 16 heavy (non-hydrogen) atoms. The van der Waals surface area contributed by atoms with E-state index in [-0.39, 0.29) is 18.9 Å². The molecule has 2 heterocycles. The van der Waals surface area contributed by atoms with E-state index in [0.29, 0.717) is 13.0 Å². The average molecular weight is 229 g/mol. The Labute approximate surface area is 92.8 Å². The Hall–Kier alpha value is -1.14. The molecule has 0 aromatic carbocycles. The van der Waals surface area contributed by atoms with E-state index in [4.69, 9.17) is 9.84 Å². The Balaban J connectivity index is 2.06. The molecule has 2 fully saturated rings. The van der Waals surface area contributed by atoms with Crippen molar-refractivity contribution in [2.45, 2.75) is 37.5 Å². The maximum atomic E-state index is 11.9. The number of aliphatic hydroxyl groups is 1. The van der Waals surface area contributed by atoms with E-state index in [1.165, 1.54) is 4.90 Å². The number of carbonyl (C=O) groups is 2. The van der Waals surface area contributed by atoms with Crippen LogP contribution in [0.4, 0.5) is 0 Å². The highest BCUT2D eigenvalue weighted by Gasteiger charge is 2.41. The Bertz CT molecular complexity index is 300. The van der Waals surface area contributed by atoms with Crippen molar-refractivity contribution < 1.29 is 24.5 Å². The third-order valence-corrected chi connectivity index (χ3v) is 3.05. The van der Waals surface area contributed by atoms with E-state index < -0.39 is 24.2 Å². The van der Waals surface area contributed by atoms with E-state index in [1.54, 1.807) is 0 Å². The predicted molar refractivity (Wildman–Crippen MR) is 52.7 cm³/mol. The lowest BCUT2D eigenvalue weighted by Gasteiger charge is -2.23. The number of hydrogen-bond acceptors (Lipinski definition) is 4. The molecule has 0 aliphatic carbocycles. The second kappa shape index (κ2) is 4.39. The van der Waals surface area contributed by atoms with Crippen molar-refractivity contribution in [3.05, 3.63) is 0 Å². The molecule has 2 aliphatic heterocycles. The van der Waals surface area contributed by atoms with Gasteiger partial charge in [0.15, 0.2) is 0 Å². The summed E-state index contributed by atoms with van der Waals surface area (Å²) in [5, 5.41) is 18.4. The molecule has 0 saturated carbocycles. The highest BCUT2D eigenvalue weighted by atomic mass is 16.5. The predicted octanol–water partition coefficient (Wildman–Crippen LogP) is -0.788. The van der Waals surface area contributed by atoms with Crippen LogP contribution in [0.1, 0.15) is 19.3 Å². The molecule has 1 amide bonds. The standard InChI is InChI=1S/C10H15NO5/c12-6-4-7(10(14)15)11(5-6)9(13)8-2-1-3-16-8/h6-8,12H,1-5H2,(H,14,15). The fourth-order valence-corrected chi connectivity index (χ4v) is 2.25. The van der Waals surface area contributed by atoms with Gasteiger partial charge in [0.2, 0.25) is 0 Å². The summed E-state index contributed by atoms with van der Waals surface area (Å²) < 4.78 is 5.22. The summed E-state index contributed by atoms with van der Waals surface area (Å²) in [6.07, 6.45) is 0.300. The molecule has 3 atom stereocenters. The van der Waals surface area contributed by atoms with Gasteiger partial charge in [-0.3, -0.25) is 4.79 Å². The van der Waals surface area contributed by atoms with Crippen molar-refractivity contribution in [1.82, 2.24) is 4.90 Å². The van der Waals surface area contributed by atoms with Gasteiger partial charge >= 0.3 is 5.97 Å². The lowest BCUT2D eigenvalue weighted by molar-refractivity contribution is -0.152. The lowest BCUT2D eigenvalue weighted by Crippen LogP contribution is -2.45. The van der Waals surface area contributed by atoms with Gasteiger partial charge in [0, 0.05) is 19.6 Å². The minimum absolute atomic E-state index is 0.0929. The Morgan fingerprint density at radius 1 is 1.38 bits per heavy atom. The summed E-state index contributed by atoms with van der Waals surface area (Å²) in [6.45, 7) is 0.639. The van der Waals surface area contributed by atoms with Crippen molar-refractivity contribution in [3.63, 3.8) is 0 Å². The topological polar surface area (TPSA) is 87.1 Å². The molecule has 2 N–H and O–H groups in total. The summed E-state index contributed by atoms with van der Waals surface area (Å²) in [5.41, 5.74) is 0. The first-order chi connectivity index (χ1) is 7.59. The van der Waals surface area contributed by atoms with Gasteiger partial charge in [-0.2, -0.15) is 0 Å². The number of rotatable bonds is 2. The number of likely N-dealkylation sites (tertiary alicyclic amines) is 1. The summed E-state index contributed by atoms with van der Waals surface area (Å²) in [4.78, 5) is 24.1. The normalized spacial score (nSPS) is 34.3. The molecular weight excluding hydrogens is 214 g/mol. The Morgan fingerprint density at radius 2 is 2.12 bits per heavy atom. The molecule has 2 saturated heterocycles. The van der Waals surface area contributed by atoms with Crippen LogP contribution in [0.15, 0.2) is 0 Å². The molecule has 0 bridgehead atoms. The molecule has 0 aromatic heterocycles. The largest absolute Gasteiger partial charge is 0.480 e. The van der Waals surface area contributed by atoms with Gasteiger partial charge in [-0.15, -0.1) is 0 Å². The van der Waals surface area contributed by atoms with Crippen LogP contribution < -0.4 is 0 Å². The number of carboxylic acids is 1. The second-order valence-electron chi connectivity index (χ2n) is 4.24. The molecule has 6 nitrogen and oxygen atoms in total. The zero-order valence-electron chi connectivity index (χ0n) is 8.83. The van der Waals surface area contributed by atoms with Gasteiger partial charge in [-0.1, -0.05) is 0 Å². The number of aliphatic carboxylic acids is 1. The molecule has 2 aliphatic rings. The number of β-amino-alcohol motifs (C(OH)–C–C–N with tert-alkyl or cyclic N) is 1. The maximum absolute atomic E-state index is 11.9. The molecule has 0 aromatic rings. The number of amides is 1. The summed E-state index contributed by atoms with van der Waals surface area (Å²) >= 11 is 0. The van der Waals surface area contributed by atoms with Crippen molar-refractivity contribution in [2.24, 2.45) is 0 Å². The van der Waals surface area contributed by atoms with Crippen LogP contribution in [0.5, 0.6) is 0 Å². The fourth-order valence-electron chi connectivity index (χ4n) is 2.25. The molecule has 90 valence electrons. The SMILES string of the molecule is O=C(O)C1CC(O)CN1C(=O)C1CCCO1. The summed E-state index contributed by atoms with van der Waals surface area (Å²) in [5.74, 6) is -1.37. The van der Waals surface area contributed by atoms with Gasteiger partial charge < -0.3 is 19.8 Å². The van der Waals surface area contributed by atoms with Crippen molar-refractivity contribution >= 4 is 11.9 Å². The van der Waals surface area contributed by atoms with Crippen molar-refractivity contribution in [2.75, 3.05) is 13.2 Å². The van der Waals surface area contributed by atoms with Gasteiger partial charge in [0.25, 0.3) is 5.91 Å². The van der Waals surface area contributed by atoms with Crippen LogP contribution in [-0.4, -0.2) is 58.4 Å². The second-order valence-corrected chi connectivity index (χ2v) is 4.24. The third kappa shape index (κ3) is 2.03. The molecule has 6 heteroatoms.